The minimum absolute atomic E-state index is 0.133. The maximum absolute atomic E-state index is 12.0. The second-order valence-corrected chi connectivity index (χ2v) is 8.05. The Morgan fingerprint density at radius 1 is 0.929 bits per heavy atom. The molecule has 2 N–H and O–H groups in total. The summed E-state index contributed by atoms with van der Waals surface area (Å²) in [6, 6.07) is 16.2. The zero-order chi connectivity index (χ0) is 19.2. The van der Waals surface area contributed by atoms with Crippen LogP contribution in [0.2, 0.25) is 0 Å². The number of hydrogen-bond donors (Lipinski definition) is 2. The number of amides is 1. The molecule has 4 aromatic rings. The number of nitrogens with one attached hydrogen (secondary N) is 2. The molecule has 5 nitrogen and oxygen atoms in total. The summed E-state index contributed by atoms with van der Waals surface area (Å²) >= 11 is 1.75. The fourth-order valence-corrected chi connectivity index (χ4v) is 4.29. The highest BCUT2D eigenvalue weighted by Gasteiger charge is 2.06. The van der Waals surface area contributed by atoms with Gasteiger partial charge in [0, 0.05) is 19.4 Å². The first kappa shape index (κ1) is 18.6. The van der Waals surface area contributed by atoms with Gasteiger partial charge in [0.05, 0.1) is 26.3 Å². The van der Waals surface area contributed by atoms with Gasteiger partial charge in [-0.05, 0) is 49.9 Å². The highest BCUT2D eigenvalue weighted by atomic mass is 32.1. The summed E-state index contributed by atoms with van der Waals surface area (Å²) in [5, 5.41) is 4.17. The number of H-pyrrole nitrogens is 1. The van der Waals surface area contributed by atoms with Gasteiger partial charge in [0.25, 0.3) is 0 Å². The van der Waals surface area contributed by atoms with Crippen molar-refractivity contribution in [1.82, 2.24) is 20.3 Å². The van der Waals surface area contributed by atoms with Gasteiger partial charge in [-0.1, -0.05) is 24.3 Å². The first-order valence-electron chi connectivity index (χ1n) is 9.83. The number of aromatic nitrogens is 3. The van der Waals surface area contributed by atoms with Crippen molar-refractivity contribution < 1.29 is 4.79 Å². The van der Waals surface area contributed by atoms with Crippen LogP contribution in [-0.4, -0.2) is 27.4 Å². The third kappa shape index (κ3) is 4.75. The largest absolute Gasteiger partial charge is 0.356 e. The molecule has 2 heterocycles. The molecule has 0 aliphatic heterocycles. The Bertz CT molecular complexity index is 918. The summed E-state index contributed by atoms with van der Waals surface area (Å²) in [6.45, 7) is 0.688. The first-order valence-corrected chi connectivity index (χ1v) is 10.6. The third-order valence-corrected chi connectivity index (χ3v) is 5.83. The first-order chi connectivity index (χ1) is 13.8. The van der Waals surface area contributed by atoms with E-state index in [-0.39, 0.29) is 5.91 Å². The second-order valence-electron chi connectivity index (χ2n) is 6.94. The molecule has 0 aliphatic carbocycles. The quantitative estimate of drug-likeness (QED) is 0.408. The highest BCUT2D eigenvalue weighted by molar-refractivity contribution is 7.18. The van der Waals surface area contributed by atoms with Gasteiger partial charge in [-0.15, -0.1) is 11.3 Å². The Morgan fingerprint density at radius 2 is 1.75 bits per heavy atom. The van der Waals surface area contributed by atoms with Crippen LogP contribution in [0, 0.1) is 0 Å². The van der Waals surface area contributed by atoms with Crippen LogP contribution in [-0.2, 0) is 17.6 Å². The summed E-state index contributed by atoms with van der Waals surface area (Å²) in [7, 11) is 0. The predicted molar refractivity (Wildman–Crippen MR) is 115 cm³/mol. The number of fused-ring (bicyclic) bond motifs is 2. The van der Waals surface area contributed by atoms with Crippen molar-refractivity contribution in [3.63, 3.8) is 0 Å². The van der Waals surface area contributed by atoms with Crippen LogP contribution < -0.4 is 5.32 Å². The number of para-hydroxylation sites is 3. The molecule has 28 heavy (non-hydrogen) atoms. The van der Waals surface area contributed by atoms with Crippen molar-refractivity contribution in [3.8, 4) is 0 Å². The van der Waals surface area contributed by atoms with E-state index in [4.69, 9.17) is 0 Å². The molecule has 4 rings (SSSR count). The van der Waals surface area contributed by atoms with Crippen LogP contribution in [0.1, 0.15) is 36.5 Å². The Balaban J connectivity index is 1.11. The molecule has 0 atom stereocenters. The van der Waals surface area contributed by atoms with Crippen molar-refractivity contribution in [1.29, 1.82) is 0 Å². The number of aryl methyl sites for hydroxylation is 2. The number of rotatable bonds is 9. The molecule has 2 aromatic heterocycles. The van der Waals surface area contributed by atoms with Crippen molar-refractivity contribution in [3.05, 3.63) is 59.4 Å². The lowest BCUT2D eigenvalue weighted by Crippen LogP contribution is -2.24. The van der Waals surface area contributed by atoms with E-state index in [1.54, 1.807) is 11.3 Å². The molecular weight excluding hydrogens is 368 g/mol. The summed E-state index contributed by atoms with van der Waals surface area (Å²) in [5.74, 6) is 1.11. The third-order valence-electron chi connectivity index (χ3n) is 4.73. The molecule has 6 heteroatoms. The second kappa shape index (κ2) is 8.97. The van der Waals surface area contributed by atoms with Crippen LogP contribution in [0.5, 0.6) is 0 Å². The SMILES string of the molecule is O=C(CCCCc1nc2ccccc2s1)NCCCc1nc2ccccc2[nH]1. The number of unbranched alkanes of at least 4 members (excludes halogenated alkanes) is 1. The summed E-state index contributed by atoms with van der Waals surface area (Å²) < 4.78 is 1.24. The van der Waals surface area contributed by atoms with Gasteiger partial charge in [-0.3, -0.25) is 4.79 Å². The van der Waals surface area contributed by atoms with Gasteiger partial charge in [-0.25, -0.2) is 9.97 Å². The minimum Gasteiger partial charge on any atom is -0.356 e. The average Bonchev–Trinajstić information content (AvgIpc) is 3.31. The number of aromatic amines is 1. The number of nitrogens with zero attached hydrogens (tertiary/aromatic N) is 2. The van der Waals surface area contributed by atoms with Gasteiger partial charge in [0.15, 0.2) is 0 Å². The fourth-order valence-electron chi connectivity index (χ4n) is 3.28. The number of benzene rings is 2. The topological polar surface area (TPSA) is 70.7 Å². The van der Waals surface area contributed by atoms with E-state index in [9.17, 15) is 4.79 Å². The monoisotopic (exact) mass is 392 g/mol. The lowest BCUT2D eigenvalue weighted by molar-refractivity contribution is -0.121. The van der Waals surface area contributed by atoms with Crippen molar-refractivity contribution in [2.75, 3.05) is 6.54 Å². The van der Waals surface area contributed by atoms with E-state index in [0.717, 1.165) is 59.5 Å². The maximum atomic E-state index is 12.0. The van der Waals surface area contributed by atoms with Crippen LogP contribution in [0.25, 0.3) is 21.3 Å². The minimum atomic E-state index is 0.133. The maximum Gasteiger partial charge on any atom is 0.219 e. The van der Waals surface area contributed by atoms with E-state index in [2.05, 4.69) is 26.3 Å². The summed E-state index contributed by atoms with van der Waals surface area (Å²) in [6.07, 6.45) is 5.13. The molecule has 1 amide bonds. The van der Waals surface area contributed by atoms with E-state index < -0.39 is 0 Å². The number of thiazole rings is 1. The zero-order valence-electron chi connectivity index (χ0n) is 15.8. The summed E-state index contributed by atoms with van der Waals surface area (Å²) in [5.41, 5.74) is 3.13. The van der Waals surface area contributed by atoms with Gasteiger partial charge in [-0.2, -0.15) is 0 Å². The number of hydrogen-bond acceptors (Lipinski definition) is 4. The molecule has 0 bridgehead atoms. The molecule has 0 aliphatic rings. The van der Waals surface area contributed by atoms with E-state index in [0.29, 0.717) is 13.0 Å². The molecule has 2 aromatic carbocycles. The highest BCUT2D eigenvalue weighted by Crippen LogP contribution is 2.22. The van der Waals surface area contributed by atoms with Gasteiger partial charge >= 0.3 is 0 Å². The van der Waals surface area contributed by atoms with Gasteiger partial charge < -0.3 is 10.3 Å². The van der Waals surface area contributed by atoms with Gasteiger partial charge in [0.1, 0.15) is 5.82 Å². The molecule has 0 saturated heterocycles. The number of imidazole rings is 1. The fraction of sp³-hybridized carbons (Fsp3) is 0.318. The van der Waals surface area contributed by atoms with Crippen molar-refractivity contribution in [2.24, 2.45) is 0 Å². The molecule has 144 valence electrons. The van der Waals surface area contributed by atoms with Crippen LogP contribution >= 0.6 is 11.3 Å². The Hall–Kier alpha value is -2.73. The summed E-state index contributed by atoms with van der Waals surface area (Å²) in [4.78, 5) is 24.5. The molecule has 0 unspecified atom stereocenters. The molecular formula is C22H24N4OS. The normalized spacial score (nSPS) is 11.3. The van der Waals surface area contributed by atoms with Crippen molar-refractivity contribution in [2.45, 2.75) is 38.5 Å². The lowest BCUT2D eigenvalue weighted by Gasteiger charge is -2.04. The Morgan fingerprint density at radius 3 is 2.61 bits per heavy atom. The standard InChI is InChI=1S/C22H24N4OS/c27-21(13-5-6-14-22-26-18-10-3-4-11-19(18)28-22)23-15-7-12-20-24-16-8-1-2-9-17(16)25-20/h1-4,8-11H,5-7,12-15H2,(H,23,27)(H,24,25). The molecule has 0 fully saturated rings. The Kier molecular flexibility index (Phi) is 5.97. The predicted octanol–water partition coefficient (Wildman–Crippen LogP) is 4.63. The van der Waals surface area contributed by atoms with E-state index in [1.807, 2.05) is 42.5 Å². The number of carbonyl (C=O) groups is 1. The number of carbonyl (C=O) groups excluding carboxylic acids is 1. The van der Waals surface area contributed by atoms with Crippen LogP contribution in [0.4, 0.5) is 0 Å². The molecule has 0 spiro atoms. The van der Waals surface area contributed by atoms with E-state index in [1.165, 1.54) is 4.70 Å². The lowest BCUT2D eigenvalue weighted by atomic mass is 10.2. The molecule has 0 saturated carbocycles. The van der Waals surface area contributed by atoms with E-state index >= 15 is 0 Å². The average molecular weight is 393 g/mol. The van der Waals surface area contributed by atoms with Crippen molar-refractivity contribution >= 4 is 38.5 Å². The Labute approximate surface area is 168 Å². The molecule has 0 radical (unpaired) electrons. The smallest absolute Gasteiger partial charge is 0.219 e. The van der Waals surface area contributed by atoms with Crippen LogP contribution in [0.15, 0.2) is 48.5 Å². The zero-order valence-corrected chi connectivity index (χ0v) is 16.6. The van der Waals surface area contributed by atoms with Crippen LogP contribution in [0.3, 0.4) is 0 Å². The van der Waals surface area contributed by atoms with Gasteiger partial charge in [0.2, 0.25) is 5.91 Å².